The van der Waals surface area contributed by atoms with Gasteiger partial charge in [-0.05, 0) is 32.4 Å². The molecule has 1 aliphatic heterocycles. The predicted octanol–water partition coefficient (Wildman–Crippen LogP) is 2.14. The fourth-order valence-electron chi connectivity index (χ4n) is 1.90. The lowest BCUT2D eigenvalue weighted by Gasteiger charge is -2.25. The Morgan fingerprint density at radius 2 is 1.90 bits per heavy atom. The molecule has 0 fully saturated rings. The zero-order valence-electron chi connectivity index (χ0n) is 11.5. The summed E-state index contributed by atoms with van der Waals surface area (Å²) < 4.78 is 38.1. The van der Waals surface area contributed by atoms with Gasteiger partial charge in [-0.25, -0.2) is 13.1 Å². The summed E-state index contributed by atoms with van der Waals surface area (Å²) in [6, 6.07) is 4.60. The van der Waals surface area contributed by atoms with Crippen molar-refractivity contribution in [1.29, 1.82) is 0 Å². The van der Waals surface area contributed by atoms with Gasteiger partial charge in [0.05, 0.1) is 4.90 Å². The van der Waals surface area contributed by atoms with E-state index < -0.39 is 15.6 Å². The SMILES string of the molecule is CC(C)(CCCl)NS(=O)(=O)c1ccc2c(c1)OCCO2. The van der Waals surface area contributed by atoms with E-state index in [9.17, 15) is 8.42 Å². The molecule has 0 aromatic heterocycles. The summed E-state index contributed by atoms with van der Waals surface area (Å²) >= 11 is 5.68. The molecule has 0 amide bonds. The van der Waals surface area contributed by atoms with Crippen LogP contribution in [0.3, 0.4) is 0 Å². The van der Waals surface area contributed by atoms with Gasteiger partial charge in [0.15, 0.2) is 11.5 Å². The van der Waals surface area contributed by atoms with Crippen molar-refractivity contribution in [1.82, 2.24) is 4.72 Å². The van der Waals surface area contributed by atoms with E-state index in [0.29, 0.717) is 37.0 Å². The summed E-state index contributed by atoms with van der Waals surface area (Å²) in [6.45, 7) is 4.48. The highest BCUT2D eigenvalue weighted by Gasteiger charge is 2.27. The molecule has 20 heavy (non-hydrogen) atoms. The van der Waals surface area contributed by atoms with Crippen LogP contribution in [0.1, 0.15) is 20.3 Å². The van der Waals surface area contributed by atoms with Crippen LogP contribution in [0, 0.1) is 0 Å². The van der Waals surface area contributed by atoms with Gasteiger partial charge in [-0.15, -0.1) is 11.6 Å². The third-order valence-electron chi connectivity index (χ3n) is 2.95. The third-order valence-corrected chi connectivity index (χ3v) is 4.84. The van der Waals surface area contributed by atoms with Gasteiger partial charge in [0.1, 0.15) is 13.2 Å². The number of sulfonamides is 1. The minimum Gasteiger partial charge on any atom is -0.486 e. The number of halogens is 1. The van der Waals surface area contributed by atoms with E-state index in [1.54, 1.807) is 19.9 Å². The van der Waals surface area contributed by atoms with Crippen molar-refractivity contribution >= 4 is 21.6 Å². The molecule has 2 rings (SSSR count). The molecule has 112 valence electrons. The molecular weight excluding hydrogens is 302 g/mol. The molecule has 1 heterocycles. The quantitative estimate of drug-likeness (QED) is 0.845. The van der Waals surface area contributed by atoms with Crippen molar-refractivity contribution < 1.29 is 17.9 Å². The van der Waals surface area contributed by atoms with E-state index in [2.05, 4.69) is 4.72 Å². The highest BCUT2D eigenvalue weighted by atomic mass is 35.5. The first-order chi connectivity index (χ1) is 9.34. The summed E-state index contributed by atoms with van der Waals surface area (Å²) in [4.78, 5) is 0.157. The minimum atomic E-state index is -3.62. The Hall–Kier alpha value is -0.980. The number of fused-ring (bicyclic) bond motifs is 1. The molecule has 7 heteroatoms. The first kappa shape index (κ1) is 15.4. The lowest BCUT2D eigenvalue weighted by atomic mass is 10.0. The molecule has 1 N–H and O–H groups in total. The monoisotopic (exact) mass is 319 g/mol. The summed E-state index contributed by atoms with van der Waals surface area (Å²) in [6.07, 6.45) is 0.540. The summed E-state index contributed by atoms with van der Waals surface area (Å²) in [5, 5.41) is 0. The van der Waals surface area contributed by atoms with E-state index >= 15 is 0 Å². The van der Waals surface area contributed by atoms with Crippen LogP contribution >= 0.6 is 11.6 Å². The average Bonchev–Trinajstić information content (AvgIpc) is 2.36. The fraction of sp³-hybridized carbons (Fsp3) is 0.538. The van der Waals surface area contributed by atoms with Gasteiger partial charge >= 0.3 is 0 Å². The van der Waals surface area contributed by atoms with Crippen LogP contribution in [0.2, 0.25) is 0 Å². The summed E-state index contributed by atoms with van der Waals surface area (Å²) in [7, 11) is -3.62. The van der Waals surface area contributed by atoms with Gasteiger partial charge in [-0.1, -0.05) is 0 Å². The molecule has 0 aliphatic carbocycles. The van der Waals surface area contributed by atoms with Crippen molar-refractivity contribution in [3.8, 4) is 11.5 Å². The maximum Gasteiger partial charge on any atom is 0.241 e. The van der Waals surface area contributed by atoms with Crippen LogP contribution in [0.5, 0.6) is 11.5 Å². The molecule has 0 saturated heterocycles. The van der Waals surface area contributed by atoms with Crippen LogP contribution in [-0.4, -0.2) is 33.1 Å². The summed E-state index contributed by atoms with van der Waals surface area (Å²) in [5.74, 6) is 1.40. The topological polar surface area (TPSA) is 64.6 Å². The van der Waals surface area contributed by atoms with Crippen LogP contribution in [0.4, 0.5) is 0 Å². The molecule has 0 unspecified atom stereocenters. The van der Waals surface area contributed by atoms with Gasteiger partial charge < -0.3 is 9.47 Å². The van der Waals surface area contributed by atoms with Crippen LogP contribution < -0.4 is 14.2 Å². The van der Waals surface area contributed by atoms with E-state index in [-0.39, 0.29) is 4.90 Å². The number of hydrogen-bond donors (Lipinski definition) is 1. The standard InChI is InChI=1S/C13H18ClNO4S/c1-13(2,5-6-14)15-20(16,17)10-3-4-11-12(9-10)19-8-7-18-11/h3-4,9,15H,5-8H2,1-2H3. The lowest BCUT2D eigenvalue weighted by Crippen LogP contribution is -2.43. The molecule has 1 aromatic rings. The van der Waals surface area contributed by atoms with Gasteiger partial charge in [0.25, 0.3) is 0 Å². The third kappa shape index (κ3) is 3.56. The second-order valence-corrected chi connectivity index (χ2v) is 7.29. The number of alkyl halides is 1. The molecular formula is C13H18ClNO4S. The Balaban J connectivity index is 2.26. The Labute approximate surface area is 124 Å². The molecule has 0 atom stereocenters. The minimum absolute atomic E-state index is 0.157. The maximum atomic E-state index is 12.4. The zero-order chi connectivity index (χ0) is 14.8. The first-order valence-electron chi connectivity index (χ1n) is 6.34. The largest absolute Gasteiger partial charge is 0.486 e. The highest BCUT2D eigenvalue weighted by molar-refractivity contribution is 7.89. The van der Waals surface area contributed by atoms with E-state index in [1.807, 2.05) is 0 Å². The number of nitrogens with one attached hydrogen (secondary N) is 1. The average molecular weight is 320 g/mol. The van der Waals surface area contributed by atoms with Gasteiger partial charge in [0.2, 0.25) is 10.0 Å². The number of ether oxygens (including phenoxy) is 2. The fourth-order valence-corrected chi connectivity index (χ4v) is 3.83. The van der Waals surface area contributed by atoms with Crippen LogP contribution in [-0.2, 0) is 10.0 Å². The summed E-state index contributed by atoms with van der Waals surface area (Å²) in [5.41, 5.74) is -0.603. The first-order valence-corrected chi connectivity index (χ1v) is 8.35. The Bertz CT molecular complexity index is 586. The second-order valence-electron chi connectivity index (χ2n) is 5.23. The number of rotatable bonds is 5. The van der Waals surface area contributed by atoms with E-state index in [4.69, 9.17) is 21.1 Å². The Morgan fingerprint density at radius 1 is 1.25 bits per heavy atom. The van der Waals surface area contributed by atoms with Crippen molar-refractivity contribution in [2.24, 2.45) is 0 Å². The smallest absolute Gasteiger partial charge is 0.241 e. The molecule has 1 aliphatic rings. The van der Waals surface area contributed by atoms with Gasteiger partial charge in [-0.3, -0.25) is 0 Å². The van der Waals surface area contributed by atoms with Crippen molar-refractivity contribution in [2.75, 3.05) is 19.1 Å². The van der Waals surface area contributed by atoms with Gasteiger partial charge in [-0.2, -0.15) is 0 Å². The Morgan fingerprint density at radius 3 is 2.55 bits per heavy atom. The van der Waals surface area contributed by atoms with Crippen molar-refractivity contribution in [2.45, 2.75) is 30.7 Å². The number of benzene rings is 1. The molecule has 0 bridgehead atoms. The highest BCUT2D eigenvalue weighted by Crippen LogP contribution is 2.32. The molecule has 0 saturated carbocycles. The molecule has 0 radical (unpaired) electrons. The van der Waals surface area contributed by atoms with E-state index in [0.717, 1.165) is 0 Å². The van der Waals surface area contributed by atoms with Crippen molar-refractivity contribution in [3.05, 3.63) is 18.2 Å². The zero-order valence-corrected chi connectivity index (χ0v) is 13.1. The molecule has 1 aromatic carbocycles. The van der Waals surface area contributed by atoms with Gasteiger partial charge in [0, 0.05) is 17.5 Å². The van der Waals surface area contributed by atoms with Crippen molar-refractivity contribution in [3.63, 3.8) is 0 Å². The van der Waals surface area contributed by atoms with E-state index in [1.165, 1.54) is 12.1 Å². The second kappa shape index (κ2) is 5.79. The molecule has 5 nitrogen and oxygen atoms in total. The van der Waals surface area contributed by atoms with Crippen LogP contribution in [0.15, 0.2) is 23.1 Å². The Kier molecular flexibility index (Phi) is 4.46. The predicted molar refractivity (Wildman–Crippen MR) is 77.2 cm³/mol. The lowest BCUT2D eigenvalue weighted by molar-refractivity contribution is 0.171. The number of hydrogen-bond acceptors (Lipinski definition) is 4. The van der Waals surface area contributed by atoms with Crippen LogP contribution in [0.25, 0.3) is 0 Å². The molecule has 0 spiro atoms. The maximum absolute atomic E-state index is 12.4. The normalized spacial score (nSPS) is 15.2.